The van der Waals surface area contributed by atoms with Crippen molar-refractivity contribution in [3.63, 3.8) is 0 Å². The molecular weight excluding hydrogens is 214 g/mol. The summed E-state index contributed by atoms with van der Waals surface area (Å²) in [4.78, 5) is 21.7. The summed E-state index contributed by atoms with van der Waals surface area (Å²) in [5.74, 6) is -0.137. The Morgan fingerprint density at radius 2 is 1.88 bits per heavy atom. The molecule has 0 spiro atoms. The number of anilines is 1. The van der Waals surface area contributed by atoms with E-state index in [9.17, 15) is 4.79 Å². The van der Waals surface area contributed by atoms with Crippen molar-refractivity contribution in [3.05, 3.63) is 54.1 Å². The fourth-order valence-corrected chi connectivity index (χ4v) is 1.51. The molecule has 0 saturated heterocycles. The molecule has 1 heterocycles. The van der Waals surface area contributed by atoms with Gasteiger partial charge in [0.15, 0.2) is 0 Å². The van der Waals surface area contributed by atoms with Gasteiger partial charge in [-0.2, -0.15) is 0 Å². The molecule has 0 aliphatic rings. The van der Waals surface area contributed by atoms with E-state index in [0.717, 1.165) is 11.4 Å². The maximum absolute atomic E-state index is 12.1. The van der Waals surface area contributed by atoms with Gasteiger partial charge >= 0.3 is 0 Å². The Bertz CT molecular complexity index is 525. The molecule has 0 atom stereocenters. The smallest absolute Gasteiger partial charge is 0.276 e. The summed E-state index contributed by atoms with van der Waals surface area (Å²) in [5, 5.41) is 0. The molecule has 0 aliphatic heterocycles. The topological polar surface area (TPSA) is 46.1 Å². The van der Waals surface area contributed by atoms with E-state index in [1.807, 2.05) is 37.3 Å². The molecule has 4 nitrogen and oxygen atoms in total. The van der Waals surface area contributed by atoms with Gasteiger partial charge in [0.25, 0.3) is 5.91 Å². The van der Waals surface area contributed by atoms with E-state index in [1.54, 1.807) is 18.0 Å². The Morgan fingerprint density at radius 1 is 1.18 bits per heavy atom. The monoisotopic (exact) mass is 227 g/mol. The third kappa shape index (κ3) is 2.47. The molecule has 0 N–H and O–H groups in total. The Kier molecular flexibility index (Phi) is 3.14. The Hall–Kier alpha value is -2.23. The van der Waals surface area contributed by atoms with Gasteiger partial charge in [-0.05, 0) is 25.1 Å². The first-order valence-electron chi connectivity index (χ1n) is 5.30. The Morgan fingerprint density at radius 3 is 2.53 bits per heavy atom. The van der Waals surface area contributed by atoms with Crippen molar-refractivity contribution in [2.75, 3.05) is 11.9 Å². The highest BCUT2D eigenvalue weighted by Gasteiger charge is 2.14. The van der Waals surface area contributed by atoms with Crippen LogP contribution < -0.4 is 4.90 Å². The number of carbonyl (C=O) groups is 1. The maximum atomic E-state index is 12.1. The van der Waals surface area contributed by atoms with E-state index >= 15 is 0 Å². The van der Waals surface area contributed by atoms with Crippen LogP contribution in [0.25, 0.3) is 0 Å². The van der Waals surface area contributed by atoms with Crippen LogP contribution in [0.4, 0.5) is 5.69 Å². The molecule has 0 unspecified atom stereocenters. The van der Waals surface area contributed by atoms with Crippen LogP contribution in [-0.2, 0) is 0 Å². The van der Waals surface area contributed by atoms with Crippen molar-refractivity contribution < 1.29 is 4.79 Å². The van der Waals surface area contributed by atoms with Crippen LogP contribution in [0, 0.1) is 6.92 Å². The zero-order chi connectivity index (χ0) is 12.3. The number of amides is 1. The minimum atomic E-state index is -0.137. The first-order valence-corrected chi connectivity index (χ1v) is 5.30. The number of hydrogen-bond donors (Lipinski definition) is 0. The van der Waals surface area contributed by atoms with Crippen LogP contribution in [0.5, 0.6) is 0 Å². The van der Waals surface area contributed by atoms with Crippen LogP contribution in [0.15, 0.2) is 42.7 Å². The van der Waals surface area contributed by atoms with Crippen LogP contribution in [0.3, 0.4) is 0 Å². The molecule has 17 heavy (non-hydrogen) atoms. The number of benzene rings is 1. The fraction of sp³-hybridized carbons (Fsp3) is 0.154. The van der Waals surface area contributed by atoms with Crippen LogP contribution in [0.2, 0.25) is 0 Å². The number of aryl methyl sites for hydroxylation is 1. The van der Waals surface area contributed by atoms with E-state index in [4.69, 9.17) is 0 Å². The lowest BCUT2D eigenvalue weighted by atomic mass is 10.2. The minimum absolute atomic E-state index is 0.137. The lowest BCUT2D eigenvalue weighted by Crippen LogP contribution is -2.27. The van der Waals surface area contributed by atoms with E-state index in [1.165, 1.54) is 6.33 Å². The molecular formula is C13H13N3O. The highest BCUT2D eigenvalue weighted by molar-refractivity contribution is 6.04. The second-order valence-electron chi connectivity index (χ2n) is 3.74. The summed E-state index contributed by atoms with van der Waals surface area (Å²) in [5.41, 5.74) is 2.03. The van der Waals surface area contributed by atoms with Gasteiger partial charge in [-0.15, -0.1) is 0 Å². The summed E-state index contributed by atoms with van der Waals surface area (Å²) in [6, 6.07) is 11.1. The highest BCUT2D eigenvalue weighted by atomic mass is 16.2. The normalized spacial score (nSPS) is 10.0. The van der Waals surface area contributed by atoms with E-state index < -0.39 is 0 Å². The predicted octanol–water partition coefficient (Wildman–Crippen LogP) is 2.06. The van der Waals surface area contributed by atoms with Crippen molar-refractivity contribution in [1.29, 1.82) is 0 Å². The number of para-hydroxylation sites is 1. The molecule has 0 aliphatic carbocycles. The fourth-order valence-electron chi connectivity index (χ4n) is 1.51. The zero-order valence-corrected chi connectivity index (χ0v) is 9.79. The van der Waals surface area contributed by atoms with Crippen molar-refractivity contribution in [2.24, 2.45) is 0 Å². The van der Waals surface area contributed by atoms with Crippen molar-refractivity contribution in [1.82, 2.24) is 9.97 Å². The van der Waals surface area contributed by atoms with Gasteiger partial charge in [0.05, 0.1) is 0 Å². The molecule has 0 saturated carbocycles. The van der Waals surface area contributed by atoms with Crippen molar-refractivity contribution >= 4 is 11.6 Å². The zero-order valence-electron chi connectivity index (χ0n) is 9.79. The molecule has 0 radical (unpaired) electrons. The molecule has 2 aromatic rings. The average molecular weight is 227 g/mol. The minimum Gasteiger partial charge on any atom is -0.310 e. The second kappa shape index (κ2) is 4.74. The highest BCUT2D eigenvalue weighted by Crippen LogP contribution is 2.13. The van der Waals surface area contributed by atoms with Gasteiger partial charge < -0.3 is 4.90 Å². The van der Waals surface area contributed by atoms with E-state index in [0.29, 0.717) is 5.69 Å². The van der Waals surface area contributed by atoms with Gasteiger partial charge in [0, 0.05) is 18.4 Å². The van der Waals surface area contributed by atoms with Gasteiger partial charge in [0.1, 0.15) is 12.0 Å². The molecule has 0 fully saturated rings. The average Bonchev–Trinajstić information content (AvgIpc) is 2.38. The van der Waals surface area contributed by atoms with E-state index in [2.05, 4.69) is 9.97 Å². The summed E-state index contributed by atoms with van der Waals surface area (Å²) in [6.07, 6.45) is 1.40. The molecule has 4 heteroatoms. The number of carbonyl (C=O) groups excluding carboxylic acids is 1. The number of hydrogen-bond acceptors (Lipinski definition) is 3. The van der Waals surface area contributed by atoms with Gasteiger partial charge in [-0.3, -0.25) is 4.79 Å². The molecule has 1 aromatic carbocycles. The summed E-state index contributed by atoms with van der Waals surface area (Å²) in [6.45, 7) is 1.83. The van der Waals surface area contributed by atoms with Gasteiger partial charge in [-0.25, -0.2) is 9.97 Å². The van der Waals surface area contributed by atoms with Crippen LogP contribution in [0.1, 0.15) is 16.2 Å². The van der Waals surface area contributed by atoms with Gasteiger partial charge in [-0.1, -0.05) is 18.2 Å². The summed E-state index contributed by atoms with van der Waals surface area (Å²) in [7, 11) is 1.73. The van der Waals surface area contributed by atoms with Crippen LogP contribution >= 0.6 is 0 Å². The first kappa shape index (κ1) is 11.3. The molecule has 1 amide bonds. The predicted molar refractivity (Wildman–Crippen MR) is 65.9 cm³/mol. The second-order valence-corrected chi connectivity index (χ2v) is 3.74. The SMILES string of the molecule is Cc1cc(C(=O)N(C)c2ccccc2)ncn1. The first-order chi connectivity index (χ1) is 8.18. The third-order valence-electron chi connectivity index (χ3n) is 2.47. The largest absolute Gasteiger partial charge is 0.310 e. The quantitative estimate of drug-likeness (QED) is 0.789. The number of rotatable bonds is 2. The molecule has 0 bridgehead atoms. The lowest BCUT2D eigenvalue weighted by molar-refractivity contribution is 0.0988. The summed E-state index contributed by atoms with van der Waals surface area (Å²) < 4.78 is 0. The molecule has 86 valence electrons. The van der Waals surface area contributed by atoms with E-state index in [-0.39, 0.29) is 5.91 Å². The lowest BCUT2D eigenvalue weighted by Gasteiger charge is -2.16. The Balaban J connectivity index is 2.27. The third-order valence-corrected chi connectivity index (χ3v) is 2.47. The Labute approximate surface area is 99.9 Å². The van der Waals surface area contributed by atoms with Gasteiger partial charge in [0.2, 0.25) is 0 Å². The molecule has 1 aromatic heterocycles. The maximum Gasteiger partial charge on any atom is 0.276 e. The number of aromatic nitrogens is 2. The molecule has 2 rings (SSSR count). The van der Waals surface area contributed by atoms with Crippen LogP contribution in [-0.4, -0.2) is 22.9 Å². The van der Waals surface area contributed by atoms with Crippen molar-refractivity contribution in [2.45, 2.75) is 6.92 Å². The standard InChI is InChI=1S/C13H13N3O/c1-10-8-12(15-9-14-10)13(17)16(2)11-6-4-3-5-7-11/h3-9H,1-2H3. The summed E-state index contributed by atoms with van der Waals surface area (Å²) >= 11 is 0. The van der Waals surface area contributed by atoms with Crippen molar-refractivity contribution in [3.8, 4) is 0 Å². The number of nitrogens with zero attached hydrogens (tertiary/aromatic N) is 3.